The van der Waals surface area contributed by atoms with Crippen LogP contribution in [-0.4, -0.2) is 88.2 Å². The van der Waals surface area contributed by atoms with Crippen LogP contribution in [0.1, 0.15) is 98.0 Å². The van der Waals surface area contributed by atoms with Crippen LogP contribution in [-0.2, 0) is 29.1 Å². The summed E-state index contributed by atoms with van der Waals surface area (Å²) in [6.45, 7) is 6.74. The predicted molar refractivity (Wildman–Crippen MR) is 211 cm³/mol. The number of hydrogen-bond donors (Lipinski definition) is 2. The molecule has 3 atom stereocenters. The lowest BCUT2D eigenvalue weighted by atomic mass is 9.69. The average molecular weight is 768 g/mol. The largest absolute Gasteiger partial charge is 0.508 e. The van der Waals surface area contributed by atoms with E-state index in [1.807, 2.05) is 30.3 Å². The van der Waals surface area contributed by atoms with Gasteiger partial charge in [0, 0.05) is 62.7 Å². The van der Waals surface area contributed by atoms with Gasteiger partial charge in [-0.1, -0.05) is 30.3 Å². The fourth-order valence-electron chi connectivity index (χ4n) is 10.6. The van der Waals surface area contributed by atoms with Gasteiger partial charge in [0.1, 0.15) is 17.6 Å². The van der Waals surface area contributed by atoms with Gasteiger partial charge in [-0.05, 0) is 133 Å². The first-order valence-corrected chi connectivity index (χ1v) is 20.4. The third kappa shape index (κ3) is 6.50. The van der Waals surface area contributed by atoms with Gasteiger partial charge in [-0.2, -0.15) is 0 Å². The number of carbonyl (C=O) groups is 4. The van der Waals surface area contributed by atoms with Crippen LogP contribution >= 0.6 is 0 Å². The number of rotatable bonds is 7. The molecule has 1 aliphatic carbocycles. The Labute approximate surface area is 331 Å². The molecule has 3 fully saturated rings. The van der Waals surface area contributed by atoms with Crippen molar-refractivity contribution in [3.8, 4) is 5.75 Å². The molecule has 10 nitrogen and oxygen atoms in total. The fourth-order valence-corrected chi connectivity index (χ4v) is 10.6. The lowest BCUT2D eigenvalue weighted by molar-refractivity contribution is -0.136. The fraction of sp³-hybridized carbons (Fsp3) is 0.391. The molecule has 11 heteroatoms. The highest BCUT2D eigenvalue weighted by Crippen LogP contribution is 2.47. The number of anilines is 1. The third-order valence-corrected chi connectivity index (χ3v) is 13.6. The molecule has 0 saturated carbocycles. The Hall–Kier alpha value is -5.39. The third-order valence-electron chi connectivity index (χ3n) is 13.6. The van der Waals surface area contributed by atoms with Crippen molar-refractivity contribution in [1.82, 2.24) is 20.0 Å². The van der Waals surface area contributed by atoms with Crippen molar-refractivity contribution in [2.75, 3.05) is 37.6 Å². The number of phenolic OH excluding ortho intramolecular Hbond substituents is 1. The van der Waals surface area contributed by atoms with Crippen LogP contribution < -0.4 is 10.2 Å². The van der Waals surface area contributed by atoms with E-state index in [9.17, 15) is 28.7 Å². The molecule has 3 saturated heterocycles. The highest BCUT2D eigenvalue weighted by atomic mass is 19.1. The molecule has 57 heavy (non-hydrogen) atoms. The molecule has 10 rings (SSSR count). The van der Waals surface area contributed by atoms with Crippen LogP contribution in [0.2, 0.25) is 0 Å². The van der Waals surface area contributed by atoms with E-state index in [0.717, 1.165) is 93.1 Å². The van der Waals surface area contributed by atoms with Crippen molar-refractivity contribution in [2.45, 2.75) is 75.5 Å². The monoisotopic (exact) mass is 767 g/mol. The minimum atomic E-state index is -0.950. The van der Waals surface area contributed by atoms with Gasteiger partial charge in [0.25, 0.3) is 11.8 Å². The van der Waals surface area contributed by atoms with Crippen LogP contribution in [0.3, 0.4) is 0 Å². The van der Waals surface area contributed by atoms with Crippen molar-refractivity contribution in [3.05, 3.63) is 129 Å². The molecule has 1 unspecified atom stereocenters. The minimum Gasteiger partial charge on any atom is -0.508 e. The highest BCUT2D eigenvalue weighted by molar-refractivity contribution is 6.23. The second kappa shape index (κ2) is 14.2. The number of nitrogens with one attached hydrogen (secondary N) is 1. The minimum absolute atomic E-state index is 0.107. The van der Waals surface area contributed by atoms with E-state index in [1.54, 1.807) is 18.2 Å². The Morgan fingerprint density at radius 2 is 1.39 bits per heavy atom. The quantitative estimate of drug-likeness (QED) is 0.230. The van der Waals surface area contributed by atoms with E-state index in [4.69, 9.17) is 0 Å². The number of benzene rings is 4. The zero-order valence-electron chi connectivity index (χ0n) is 31.8. The van der Waals surface area contributed by atoms with Crippen molar-refractivity contribution in [2.24, 2.45) is 5.92 Å². The molecular weight excluding hydrogens is 722 g/mol. The number of hydrogen-bond acceptors (Lipinski definition) is 8. The molecule has 0 aromatic heterocycles. The number of aromatic hydroxyl groups is 1. The Balaban J connectivity index is 0.725. The molecule has 292 valence electrons. The molecular formula is C46H46FN5O5. The maximum atomic E-state index is 13.8. The lowest BCUT2D eigenvalue weighted by Crippen LogP contribution is -2.54. The SMILES string of the molecule is O=C1CCC(N2C(=O)c3cc4c(cc3C2=O)CN(C2CCN(CC3CN(c5ccc([C@@H]6c7ccc(O)cc7CC[C@@H]6c6ccc(F)cc6)cc5)C3)CC2)C4)C(=O)N1. The number of amides is 4. The number of carbonyl (C=O) groups excluding carboxylic acids is 4. The average Bonchev–Trinajstić information content (AvgIpc) is 3.72. The van der Waals surface area contributed by atoms with Gasteiger partial charge in [0.05, 0.1) is 11.1 Å². The van der Waals surface area contributed by atoms with Crippen molar-refractivity contribution >= 4 is 29.3 Å². The second-order valence-electron chi connectivity index (χ2n) is 17.0. The number of halogens is 1. The van der Waals surface area contributed by atoms with Gasteiger partial charge in [-0.15, -0.1) is 0 Å². The summed E-state index contributed by atoms with van der Waals surface area (Å²) in [5.41, 5.74) is 8.90. The van der Waals surface area contributed by atoms with Gasteiger partial charge in [-0.25, -0.2) is 4.39 Å². The molecule has 5 aliphatic heterocycles. The first-order chi connectivity index (χ1) is 27.7. The Bertz CT molecular complexity index is 2240. The van der Waals surface area contributed by atoms with E-state index >= 15 is 0 Å². The van der Waals surface area contributed by atoms with E-state index in [2.05, 4.69) is 50.3 Å². The first-order valence-electron chi connectivity index (χ1n) is 20.4. The lowest BCUT2D eigenvalue weighted by Gasteiger charge is -2.45. The van der Waals surface area contributed by atoms with Crippen LogP contribution in [0.5, 0.6) is 5.75 Å². The summed E-state index contributed by atoms with van der Waals surface area (Å²) in [6, 6.07) is 24.9. The summed E-state index contributed by atoms with van der Waals surface area (Å²) in [5, 5.41) is 12.5. The number of nitrogens with zero attached hydrogens (tertiary/aromatic N) is 4. The number of piperidine rings is 2. The van der Waals surface area contributed by atoms with E-state index < -0.39 is 23.8 Å². The number of phenols is 1. The van der Waals surface area contributed by atoms with Crippen LogP contribution in [0, 0.1) is 11.7 Å². The number of imide groups is 2. The summed E-state index contributed by atoms with van der Waals surface area (Å²) < 4.78 is 13.8. The normalized spacial score (nSPS) is 24.3. The smallest absolute Gasteiger partial charge is 0.262 e. The molecule has 4 aromatic carbocycles. The summed E-state index contributed by atoms with van der Waals surface area (Å²) in [7, 11) is 0. The van der Waals surface area contributed by atoms with Crippen molar-refractivity contribution in [3.63, 3.8) is 0 Å². The molecule has 4 amide bonds. The predicted octanol–water partition coefficient (Wildman–Crippen LogP) is 5.71. The molecule has 0 radical (unpaired) electrons. The highest BCUT2D eigenvalue weighted by Gasteiger charge is 2.46. The number of aryl methyl sites for hydroxylation is 1. The summed E-state index contributed by atoms with van der Waals surface area (Å²) >= 11 is 0. The Morgan fingerprint density at radius 3 is 2.05 bits per heavy atom. The zero-order chi connectivity index (χ0) is 38.9. The molecule has 6 aliphatic rings. The van der Waals surface area contributed by atoms with Gasteiger partial charge in [-0.3, -0.25) is 34.3 Å². The van der Waals surface area contributed by atoms with Gasteiger partial charge in [0.2, 0.25) is 11.8 Å². The second-order valence-corrected chi connectivity index (χ2v) is 17.0. The van der Waals surface area contributed by atoms with Crippen molar-refractivity contribution in [1.29, 1.82) is 0 Å². The van der Waals surface area contributed by atoms with E-state index in [0.29, 0.717) is 28.8 Å². The Kier molecular flexibility index (Phi) is 8.97. The number of fused-ring (bicyclic) bond motifs is 3. The summed E-state index contributed by atoms with van der Waals surface area (Å²) in [5.74, 6) is -0.817. The molecule has 5 heterocycles. The number of likely N-dealkylation sites (tertiary alicyclic amines) is 1. The zero-order valence-corrected chi connectivity index (χ0v) is 31.8. The van der Waals surface area contributed by atoms with Gasteiger partial charge >= 0.3 is 0 Å². The van der Waals surface area contributed by atoms with E-state index in [1.165, 1.54) is 22.4 Å². The maximum absolute atomic E-state index is 13.8. The van der Waals surface area contributed by atoms with Crippen LogP contribution in [0.4, 0.5) is 10.1 Å². The summed E-state index contributed by atoms with van der Waals surface area (Å²) in [6.07, 6.45) is 4.24. The Morgan fingerprint density at radius 1 is 0.719 bits per heavy atom. The maximum Gasteiger partial charge on any atom is 0.262 e. The first kappa shape index (κ1) is 36.0. The standard InChI is InChI=1S/C46H46FN5O5/c47-33-6-1-28(2-7-33)37-11-5-30-19-36(53)10-12-38(30)43(37)29-3-8-34(9-4-29)50-23-27(24-50)22-49-17-15-35(16-18-49)51-25-31-20-39-40(21-32(31)26-51)46(57)52(45(39)56)41-13-14-42(54)48-44(41)55/h1-4,6-10,12,19-21,27,35,37,41,43,53H,5,11,13-18,22-26H2,(H,48,54,55)/t37-,41?,43+/m1/s1. The molecule has 0 bridgehead atoms. The van der Waals surface area contributed by atoms with Crippen molar-refractivity contribution < 1.29 is 28.7 Å². The van der Waals surface area contributed by atoms with E-state index in [-0.39, 0.29) is 36.4 Å². The van der Waals surface area contributed by atoms with Crippen LogP contribution in [0.15, 0.2) is 78.9 Å². The van der Waals surface area contributed by atoms with Crippen LogP contribution in [0.25, 0.3) is 0 Å². The topological polar surface area (TPSA) is 114 Å². The van der Waals surface area contributed by atoms with Gasteiger partial charge in [0.15, 0.2) is 0 Å². The molecule has 4 aromatic rings. The van der Waals surface area contributed by atoms with Gasteiger partial charge < -0.3 is 14.9 Å². The molecule has 2 N–H and O–H groups in total. The summed E-state index contributed by atoms with van der Waals surface area (Å²) in [4.78, 5) is 59.4. The molecule has 0 spiro atoms.